The number of carbonyl (C=O) groups excluding carboxylic acids is 1. The lowest BCUT2D eigenvalue weighted by Gasteiger charge is -2.20. The quantitative estimate of drug-likeness (QED) is 0.658. The van der Waals surface area contributed by atoms with Crippen molar-refractivity contribution in [2.24, 2.45) is 0 Å². The molecular weight excluding hydrogens is 338 g/mol. The predicted octanol–water partition coefficient (Wildman–Crippen LogP) is 3.97. The summed E-state index contributed by atoms with van der Waals surface area (Å²) in [5, 5.41) is 8.75. The van der Waals surface area contributed by atoms with E-state index in [1.165, 1.54) is 0 Å². The van der Waals surface area contributed by atoms with Crippen LogP contribution in [0, 0.1) is 0 Å². The van der Waals surface area contributed by atoms with Crippen molar-refractivity contribution in [2.75, 3.05) is 12.4 Å². The Morgan fingerprint density at radius 2 is 2.07 bits per heavy atom. The van der Waals surface area contributed by atoms with Crippen molar-refractivity contribution >= 4 is 28.4 Å². The molecule has 0 saturated heterocycles. The number of amides is 2. The van der Waals surface area contributed by atoms with Gasteiger partial charge in [-0.05, 0) is 41.5 Å². The summed E-state index contributed by atoms with van der Waals surface area (Å²) >= 11 is 0. The Morgan fingerprint density at radius 1 is 1.26 bits per heavy atom. The number of benzene rings is 2. The number of hydrogen-bond acceptors (Lipinski definition) is 3. The zero-order valence-corrected chi connectivity index (χ0v) is 15.8. The van der Waals surface area contributed by atoms with Gasteiger partial charge in [-0.15, -0.1) is 0 Å². The van der Waals surface area contributed by atoms with Crippen molar-refractivity contribution in [3.05, 3.63) is 59.9 Å². The van der Waals surface area contributed by atoms with Gasteiger partial charge >= 0.3 is 6.03 Å². The molecule has 0 radical (unpaired) electrons. The minimum atomic E-state index is -0.163. The fraction of sp³-hybridized carbons (Fsp3) is 0.238. The van der Waals surface area contributed by atoms with Gasteiger partial charge in [-0.3, -0.25) is 4.57 Å². The van der Waals surface area contributed by atoms with E-state index in [1.54, 1.807) is 0 Å². The van der Waals surface area contributed by atoms with E-state index in [1.807, 2.05) is 19.2 Å². The SMILES string of the molecule is C=C(NC)c1ccc2c(c1)nc(C(C)C)n2-c1ccc2c(c1)CNC(=O)N2. The summed E-state index contributed by atoms with van der Waals surface area (Å²) in [5.41, 5.74) is 6.85. The fourth-order valence-corrected chi connectivity index (χ4v) is 3.42. The number of aromatic nitrogens is 2. The van der Waals surface area contributed by atoms with Crippen molar-refractivity contribution in [2.45, 2.75) is 26.3 Å². The molecular formula is C21H23N5O. The molecule has 0 fully saturated rings. The monoisotopic (exact) mass is 361 g/mol. The Hall–Kier alpha value is -3.28. The molecule has 27 heavy (non-hydrogen) atoms. The van der Waals surface area contributed by atoms with Gasteiger partial charge < -0.3 is 16.0 Å². The van der Waals surface area contributed by atoms with E-state index in [0.29, 0.717) is 6.54 Å². The standard InChI is InChI=1S/C21H23N5O/c1-12(2)20-24-18-10-14(13(3)22-4)5-8-19(18)26(20)16-6-7-17-15(9-16)11-23-21(27)25-17/h5-10,12,22H,3,11H2,1-2,4H3,(H2,23,25,27). The van der Waals surface area contributed by atoms with Crippen LogP contribution in [0.4, 0.5) is 10.5 Å². The second-order valence-electron chi connectivity index (χ2n) is 7.04. The van der Waals surface area contributed by atoms with Crippen LogP contribution >= 0.6 is 0 Å². The maximum Gasteiger partial charge on any atom is 0.319 e. The van der Waals surface area contributed by atoms with Crippen LogP contribution in [0.2, 0.25) is 0 Å². The lowest BCUT2D eigenvalue weighted by Crippen LogP contribution is -2.33. The summed E-state index contributed by atoms with van der Waals surface area (Å²) in [5.74, 6) is 1.27. The van der Waals surface area contributed by atoms with Crippen molar-refractivity contribution in [1.82, 2.24) is 20.2 Å². The van der Waals surface area contributed by atoms with Crippen LogP contribution < -0.4 is 16.0 Å². The average Bonchev–Trinajstić information content (AvgIpc) is 3.06. The molecule has 0 atom stereocenters. The van der Waals surface area contributed by atoms with Crippen LogP contribution in [-0.2, 0) is 6.54 Å². The van der Waals surface area contributed by atoms with Crippen LogP contribution in [0.3, 0.4) is 0 Å². The normalized spacial score (nSPS) is 13.3. The first-order valence-corrected chi connectivity index (χ1v) is 9.05. The number of anilines is 1. The highest BCUT2D eigenvalue weighted by atomic mass is 16.2. The largest absolute Gasteiger partial charge is 0.388 e. The molecule has 0 saturated carbocycles. The third-order valence-electron chi connectivity index (χ3n) is 4.88. The van der Waals surface area contributed by atoms with Gasteiger partial charge in [0.2, 0.25) is 0 Å². The summed E-state index contributed by atoms with van der Waals surface area (Å²) in [7, 11) is 1.87. The molecule has 0 unspecified atom stereocenters. The lowest BCUT2D eigenvalue weighted by molar-refractivity contribution is 0.251. The summed E-state index contributed by atoms with van der Waals surface area (Å²) in [6.07, 6.45) is 0. The Bertz CT molecular complexity index is 1060. The molecule has 4 rings (SSSR count). The van der Waals surface area contributed by atoms with Crippen molar-refractivity contribution in [3.63, 3.8) is 0 Å². The second-order valence-corrected chi connectivity index (χ2v) is 7.04. The Labute approximate surface area is 158 Å². The molecule has 0 aliphatic carbocycles. The van der Waals surface area contributed by atoms with Gasteiger partial charge in [-0.25, -0.2) is 9.78 Å². The fourth-order valence-electron chi connectivity index (χ4n) is 3.42. The third-order valence-corrected chi connectivity index (χ3v) is 4.88. The van der Waals surface area contributed by atoms with Crippen LogP contribution in [0.5, 0.6) is 0 Å². The maximum atomic E-state index is 11.5. The Morgan fingerprint density at radius 3 is 2.81 bits per heavy atom. The summed E-state index contributed by atoms with van der Waals surface area (Å²) in [6.45, 7) is 8.85. The molecule has 2 amide bonds. The molecule has 138 valence electrons. The van der Waals surface area contributed by atoms with Gasteiger partial charge in [0, 0.05) is 36.6 Å². The van der Waals surface area contributed by atoms with Gasteiger partial charge in [0.05, 0.1) is 11.0 Å². The van der Waals surface area contributed by atoms with Crippen LogP contribution in [0.1, 0.15) is 36.7 Å². The van der Waals surface area contributed by atoms with E-state index < -0.39 is 0 Å². The van der Waals surface area contributed by atoms with E-state index in [2.05, 4.69) is 65.2 Å². The molecule has 0 bridgehead atoms. The smallest absolute Gasteiger partial charge is 0.319 e. The van der Waals surface area contributed by atoms with Crippen molar-refractivity contribution < 1.29 is 4.79 Å². The predicted molar refractivity (Wildman–Crippen MR) is 109 cm³/mol. The Balaban J connectivity index is 1.88. The zero-order chi connectivity index (χ0) is 19.1. The van der Waals surface area contributed by atoms with E-state index in [4.69, 9.17) is 4.98 Å². The molecule has 3 aromatic rings. The zero-order valence-electron chi connectivity index (χ0n) is 15.8. The van der Waals surface area contributed by atoms with Crippen LogP contribution in [0.25, 0.3) is 22.4 Å². The highest BCUT2D eigenvalue weighted by Gasteiger charge is 2.19. The number of carbonyl (C=O) groups is 1. The highest BCUT2D eigenvalue weighted by molar-refractivity contribution is 5.92. The first-order chi connectivity index (χ1) is 13.0. The van der Waals surface area contributed by atoms with Gasteiger partial charge in [-0.1, -0.05) is 26.5 Å². The topological polar surface area (TPSA) is 71.0 Å². The minimum Gasteiger partial charge on any atom is -0.388 e. The van der Waals surface area contributed by atoms with Crippen LogP contribution in [-0.4, -0.2) is 22.6 Å². The van der Waals surface area contributed by atoms with Crippen LogP contribution in [0.15, 0.2) is 43.0 Å². The number of urea groups is 1. The molecule has 1 aliphatic rings. The molecule has 6 heteroatoms. The second kappa shape index (κ2) is 6.46. The van der Waals surface area contributed by atoms with Crippen molar-refractivity contribution in [3.8, 4) is 5.69 Å². The van der Waals surface area contributed by atoms with Gasteiger partial charge in [-0.2, -0.15) is 0 Å². The molecule has 1 aliphatic heterocycles. The maximum absolute atomic E-state index is 11.5. The van der Waals surface area contributed by atoms with E-state index >= 15 is 0 Å². The molecule has 1 aromatic heterocycles. The summed E-state index contributed by atoms with van der Waals surface area (Å²) < 4.78 is 2.20. The molecule has 2 heterocycles. The summed E-state index contributed by atoms with van der Waals surface area (Å²) in [6, 6.07) is 12.1. The van der Waals surface area contributed by atoms with Gasteiger partial charge in [0.15, 0.2) is 0 Å². The van der Waals surface area contributed by atoms with E-state index in [0.717, 1.165) is 45.1 Å². The van der Waals surface area contributed by atoms with Crippen molar-refractivity contribution in [1.29, 1.82) is 0 Å². The number of fused-ring (bicyclic) bond motifs is 2. The van der Waals surface area contributed by atoms with Gasteiger partial charge in [0.25, 0.3) is 0 Å². The van der Waals surface area contributed by atoms with Gasteiger partial charge in [0.1, 0.15) is 5.82 Å². The number of imidazole rings is 1. The third kappa shape index (κ3) is 2.93. The number of nitrogens with zero attached hydrogens (tertiary/aromatic N) is 2. The van der Waals surface area contributed by atoms with E-state index in [9.17, 15) is 4.79 Å². The molecule has 0 spiro atoms. The lowest BCUT2D eigenvalue weighted by atomic mass is 10.1. The Kier molecular flexibility index (Phi) is 4.11. The average molecular weight is 361 g/mol. The minimum absolute atomic E-state index is 0.163. The first-order valence-electron chi connectivity index (χ1n) is 9.05. The number of hydrogen-bond donors (Lipinski definition) is 3. The summed E-state index contributed by atoms with van der Waals surface area (Å²) in [4.78, 5) is 16.4. The number of rotatable bonds is 4. The number of nitrogens with one attached hydrogen (secondary N) is 3. The molecule has 6 nitrogen and oxygen atoms in total. The molecule has 3 N–H and O–H groups in total. The first kappa shape index (κ1) is 17.1. The highest BCUT2D eigenvalue weighted by Crippen LogP contribution is 2.30. The van der Waals surface area contributed by atoms with E-state index in [-0.39, 0.29) is 11.9 Å². The molecule has 2 aromatic carbocycles.